The normalized spacial score (nSPS) is 10.4. The van der Waals surface area contributed by atoms with Crippen LogP contribution in [-0.4, -0.2) is 28.6 Å². The Morgan fingerprint density at radius 1 is 1.20 bits per heavy atom. The number of ether oxygens (including phenoxy) is 1. The molecule has 0 bridgehead atoms. The van der Waals surface area contributed by atoms with Gasteiger partial charge in [0.2, 0.25) is 5.95 Å². The van der Waals surface area contributed by atoms with Crippen molar-refractivity contribution in [2.45, 2.75) is 13.8 Å². The molecule has 2 aromatic rings. The molecule has 0 atom stereocenters. The molecule has 106 valence electrons. The molecule has 0 aliphatic carbocycles. The molecule has 0 aliphatic rings. The summed E-state index contributed by atoms with van der Waals surface area (Å²) < 4.78 is 32.9. The van der Waals surface area contributed by atoms with E-state index in [1.54, 1.807) is 6.92 Å². The number of anilines is 1. The predicted octanol–water partition coefficient (Wildman–Crippen LogP) is 2.57. The Morgan fingerprint density at radius 3 is 2.60 bits per heavy atom. The zero-order valence-electron chi connectivity index (χ0n) is 11.4. The first kappa shape index (κ1) is 14.1. The third kappa shape index (κ3) is 2.66. The lowest BCUT2D eigenvalue weighted by atomic mass is 10.1. The number of hydrogen-bond donors (Lipinski definition) is 1. The maximum Gasteiger partial charge on any atom is 0.321 e. The van der Waals surface area contributed by atoms with Gasteiger partial charge >= 0.3 is 6.01 Å². The second-order valence-electron chi connectivity index (χ2n) is 4.05. The molecule has 0 aliphatic heterocycles. The number of aromatic nitrogens is 3. The van der Waals surface area contributed by atoms with Crippen molar-refractivity contribution in [1.82, 2.24) is 15.0 Å². The molecule has 0 saturated carbocycles. The highest BCUT2D eigenvalue weighted by Crippen LogP contribution is 2.26. The fourth-order valence-electron chi connectivity index (χ4n) is 1.66. The molecular formula is C13H14F2N4O. The van der Waals surface area contributed by atoms with E-state index in [4.69, 9.17) is 4.74 Å². The van der Waals surface area contributed by atoms with Gasteiger partial charge in [0.15, 0.2) is 5.82 Å². The van der Waals surface area contributed by atoms with Crippen molar-refractivity contribution in [3.05, 3.63) is 29.3 Å². The van der Waals surface area contributed by atoms with Crippen LogP contribution in [0.15, 0.2) is 12.1 Å². The topological polar surface area (TPSA) is 59.9 Å². The van der Waals surface area contributed by atoms with Crippen molar-refractivity contribution < 1.29 is 13.5 Å². The lowest BCUT2D eigenvalue weighted by Gasteiger charge is -2.09. The maximum atomic E-state index is 14.1. The minimum atomic E-state index is -0.733. The number of nitrogens with one attached hydrogen (secondary N) is 1. The highest BCUT2D eigenvalue weighted by Gasteiger charge is 2.18. The summed E-state index contributed by atoms with van der Waals surface area (Å²) in [6, 6.07) is 2.53. The Bertz CT molecular complexity index is 634. The fraction of sp³-hybridized carbons (Fsp3) is 0.308. The van der Waals surface area contributed by atoms with Crippen LogP contribution in [0.2, 0.25) is 0 Å². The minimum Gasteiger partial charge on any atom is -0.467 e. The van der Waals surface area contributed by atoms with Gasteiger partial charge in [-0.2, -0.15) is 15.0 Å². The van der Waals surface area contributed by atoms with Gasteiger partial charge in [-0.25, -0.2) is 8.78 Å². The number of aryl methyl sites for hydroxylation is 1. The van der Waals surface area contributed by atoms with Gasteiger partial charge in [0, 0.05) is 6.54 Å². The van der Waals surface area contributed by atoms with Gasteiger partial charge in [-0.3, -0.25) is 0 Å². The molecule has 1 aromatic carbocycles. The lowest BCUT2D eigenvalue weighted by molar-refractivity contribution is 0.379. The molecule has 1 N–H and O–H groups in total. The Kier molecular flexibility index (Phi) is 4.07. The van der Waals surface area contributed by atoms with Crippen LogP contribution in [0.5, 0.6) is 6.01 Å². The van der Waals surface area contributed by atoms with Crippen molar-refractivity contribution in [3.8, 4) is 17.4 Å². The summed E-state index contributed by atoms with van der Waals surface area (Å²) in [4.78, 5) is 11.9. The van der Waals surface area contributed by atoms with Gasteiger partial charge in [0.1, 0.15) is 11.6 Å². The standard InChI is InChI=1S/C13H14F2N4O/c1-4-16-12-17-11(18-13(19-12)20-3)9-8(14)6-5-7(2)10(9)15/h5-6H,4H2,1-3H3,(H,16,17,18,19). The van der Waals surface area contributed by atoms with Crippen LogP contribution in [0.25, 0.3) is 11.4 Å². The summed E-state index contributed by atoms with van der Waals surface area (Å²) in [5.41, 5.74) is 0.0237. The smallest absolute Gasteiger partial charge is 0.321 e. The van der Waals surface area contributed by atoms with Crippen molar-refractivity contribution in [2.75, 3.05) is 19.0 Å². The Balaban J connectivity index is 2.63. The third-order valence-corrected chi connectivity index (χ3v) is 2.64. The van der Waals surface area contributed by atoms with E-state index in [1.165, 1.54) is 19.2 Å². The lowest BCUT2D eigenvalue weighted by Crippen LogP contribution is -2.07. The minimum absolute atomic E-state index is 0.00810. The summed E-state index contributed by atoms with van der Waals surface area (Å²) in [6.07, 6.45) is 0. The number of benzene rings is 1. The second-order valence-corrected chi connectivity index (χ2v) is 4.05. The summed E-state index contributed by atoms with van der Waals surface area (Å²) in [5, 5.41) is 2.86. The Hall–Kier alpha value is -2.31. The van der Waals surface area contributed by atoms with Crippen molar-refractivity contribution in [1.29, 1.82) is 0 Å². The van der Waals surface area contributed by atoms with E-state index in [-0.39, 0.29) is 23.3 Å². The second kappa shape index (κ2) is 5.77. The van der Waals surface area contributed by atoms with E-state index in [0.29, 0.717) is 12.1 Å². The van der Waals surface area contributed by atoms with Gasteiger partial charge in [-0.05, 0) is 25.5 Å². The van der Waals surface area contributed by atoms with Crippen LogP contribution in [0.4, 0.5) is 14.7 Å². The van der Waals surface area contributed by atoms with E-state index < -0.39 is 11.6 Å². The van der Waals surface area contributed by atoms with Crippen LogP contribution in [0, 0.1) is 18.6 Å². The van der Waals surface area contributed by atoms with E-state index in [0.717, 1.165) is 0 Å². The van der Waals surface area contributed by atoms with Gasteiger partial charge in [0.05, 0.1) is 12.7 Å². The molecule has 0 spiro atoms. The first-order valence-corrected chi connectivity index (χ1v) is 6.05. The number of nitrogens with zero attached hydrogens (tertiary/aromatic N) is 3. The molecule has 1 aromatic heterocycles. The fourth-order valence-corrected chi connectivity index (χ4v) is 1.66. The predicted molar refractivity (Wildman–Crippen MR) is 70.6 cm³/mol. The first-order valence-electron chi connectivity index (χ1n) is 6.05. The summed E-state index contributed by atoms with van der Waals surface area (Å²) in [6.45, 7) is 3.96. The molecule has 7 heteroatoms. The molecule has 20 heavy (non-hydrogen) atoms. The van der Waals surface area contributed by atoms with Crippen molar-refractivity contribution >= 4 is 5.95 Å². The summed E-state index contributed by atoms with van der Waals surface area (Å²) in [5.74, 6) is -1.33. The van der Waals surface area contributed by atoms with Crippen molar-refractivity contribution in [2.24, 2.45) is 0 Å². The van der Waals surface area contributed by atoms with E-state index in [2.05, 4.69) is 20.3 Å². The largest absolute Gasteiger partial charge is 0.467 e. The van der Waals surface area contributed by atoms with Crippen LogP contribution in [0.3, 0.4) is 0 Å². The molecule has 2 rings (SSSR count). The highest BCUT2D eigenvalue weighted by atomic mass is 19.1. The molecule has 0 fully saturated rings. The van der Waals surface area contributed by atoms with Crippen LogP contribution in [0.1, 0.15) is 12.5 Å². The third-order valence-electron chi connectivity index (χ3n) is 2.64. The summed E-state index contributed by atoms with van der Waals surface area (Å²) >= 11 is 0. The Morgan fingerprint density at radius 2 is 1.95 bits per heavy atom. The van der Waals surface area contributed by atoms with E-state index >= 15 is 0 Å². The molecule has 0 saturated heterocycles. The molecular weight excluding hydrogens is 266 g/mol. The molecule has 1 heterocycles. The zero-order chi connectivity index (χ0) is 14.7. The molecule has 5 nitrogen and oxygen atoms in total. The number of rotatable bonds is 4. The average molecular weight is 280 g/mol. The maximum absolute atomic E-state index is 14.1. The zero-order valence-corrected chi connectivity index (χ0v) is 11.4. The van der Waals surface area contributed by atoms with Crippen LogP contribution < -0.4 is 10.1 Å². The molecule has 0 unspecified atom stereocenters. The SMILES string of the molecule is CCNc1nc(OC)nc(-c2c(F)ccc(C)c2F)n1. The quantitative estimate of drug-likeness (QED) is 0.932. The van der Waals surface area contributed by atoms with Gasteiger partial charge < -0.3 is 10.1 Å². The van der Waals surface area contributed by atoms with Crippen LogP contribution in [-0.2, 0) is 0 Å². The number of methoxy groups -OCH3 is 1. The van der Waals surface area contributed by atoms with E-state index in [1.807, 2.05) is 6.92 Å². The van der Waals surface area contributed by atoms with E-state index in [9.17, 15) is 8.78 Å². The van der Waals surface area contributed by atoms with Gasteiger partial charge in [0.25, 0.3) is 0 Å². The molecule has 0 amide bonds. The van der Waals surface area contributed by atoms with Gasteiger partial charge in [-0.15, -0.1) is 0 Å². The number of halogens is 2. The monoisotopic (exact) mass is 280 g/mol. The van der Waals surface area contributed by atoms with Crippen molar-refractivity contribution in [3.63, 3.8) is 0 Å². The Labute approximate surface area is 115 Å². The van der Waals surface area contributed by atoms with Gasteiger partial charge in [-0.1, -0.05) is 6.07 Å². The highest BCUT2D eigenvalue weighted by molar-refractivity contribution is 5.59. The number of hydrogen-bond acceptors (Lipinski definition) is 5. The summed E-state index contributed by atoms with van der Waals surface area (Å²) in [7, 11) is 1.37. The molecule has 0 radical (unpaired) electrons. The average Bonchev–Trinajstić information content (AvgIpc) is 2.43. The van der Waals surface area contributed by atoms with Crippen LogP contribution >= 0.6 is 0 Å². The first-order chi connectivity index (χ1) is 9.56.